The molecule has 1 aromatic carbocycles. The van der Waals surface area contributed by atoms with E-state index in [1.54, 1.807) is 0 Å². The number of anilines is 1. The summed E-state index contributed by atoms with van der Waals surface area (Å²) in [6, 6.07) is 14.5. The summed E-state index contributed by atoms with van der Waals surface area (Å²) in [7, 11) is 0. The number of hydrogen-bond donors (Lipinski definition) is 1. The van der Waals surface area contributed by atoms with E-state index in [9.17, 15) is 0 Å². The third-order valence-electron chi connectivity index (χ3n) is 3.27. The molecule has 3 rings (SSSR count). The van der Waals surface area contributed by atoms with Crippen LogP contribution in [0.2, 0.25) is 0 Å². The summed E-state index contributed by atoms with van der Waals surface area (Å²) >= 11 is 3.51. The number of hydrogen-bond acceptors (Lipinski definition) is 2. The van der Waals surface area contributed by atoms with Gasteiger partial charge < -0.3 is 9.72 Å². The van der Waals surface area contributed by atoms with Crippen LogP contribution in [0.4, 0.5) is 5.69 Å². The zero-order valence-electron chi connectivity index (χ0n) is 11.3. The van der Waals surface area contributed by atoms with Crippen molar-refractivity contribution in [2.24, 2.45) is 0 Å². The molecule has 0 fully saturated rings. The Bertz CT molecular complexity index is 733. The van der Waals surface area contributed by atoms with Gasteiger partial charge in [-0.15, -0.1) is 0 Å². The molecule has 3 aromatic rings. The van der Waals surface area contributed by atoms with Gasteiger partial charge in [-0.05, 0) is 52.7 Å². The monoisotopic (exact) mass is 329 g/mol. The van der Waals surface area contributed by atoms with Crippen molar-refractivity contribution in [3.05, 3.63) is 64.7 Å². The SMILES string of the molecule is Cc1cccc(NCCc2nc(Br)c3ccccn23)c1. The highest BCUT2D eigenvalue weighted by molar-refractivity contribution is 9.10. The molecule has 0 saturated heterocycles. The molecule has 20 heavy (non-hydrogen) atoms. The van der Waals surface area contributed by atoms with E-state index < -0.39 is 0 Å². The summed E-state index contributed by atoms with van der Waals surface area (Å²) in [5.74, 6) is 1.06. The minimum absolute atomic E-state index is 0.865. The van der Waals surface area contributed by atoms with Gasteiger partial charge in [0.2, 0.25) is 0 Å². The molecular formula is C16H16BrN3. The van der Waals surface area contributed by atoms with E-state index in [0.717, 1.165) is 34.6 Å². The molecule has 0 bridgehead atoms. The molecular weight excluding hydrogens is 314 g/mol. The van der Waals surface area contributed by atoms with E-state index in [-0.39, 0.29) is 0 Å². The summed E-state index contributed by atoms with van der Waals surface area (Å²) in [6.07, 6.45) is 2.93. The van der Waals surface area contributed by atoms with Gasteiger partial charge in [0.1, 0.15) is 10.4 Å². The Morgan fingerprint density at radius 1 is 1.20 bits per heavy atom. The molecule has 0 amide bonds. The first-order chi connectivity index (χ1) is 9.74. The van der Waals surface area contributed by atoms with Crippen molar-refractivity contribution in [3.63, 3.8) is 0 Å². The average molecular weight is 330 g/mol. The highest BCUT2D eigenvalue weighted by Gasteiger charge is 2.07. The van der Waals surface area contributed by atoms with E-state index in [0.29, 0.717) is 0 Å². The van der Waals surface area contributed by atoms with E-state index in [4.69, 9.17) is 0 Å². The van der Waals surface area contributed by atoms with Crippen molar-refractivity contribution in [1.29, 1.82) is 0 Å². The summed E-state index contributed by atoms with van der Waals surface area (Å²) < 4.78 is 3.03. The van der Waals surface area contributed by atoms with Crippen molar-refractivity contribution in [1.82, 2.24) is 9.38 Å². The van der Waals surface area contributed by atoms with Gasteiger partial charge in [0.25, 0.3) is 0 Å². The molecule has 0 spiro atoms. The Morgan fingerprint density at radius 3 is 2.95 bits per heavy atom. The van der Waals surface area contributed by atoms with Gasteiger partial charge in [-0.1, -0.05) is 18.2 Å². The maximum Gasteiger partial charge on any atom is 0.132 e. The van der Waals surface area contributed by atoms with Crippen molar-refractivity contribution in [2.45, 2.75) is 13.3 Å². The number of fused-ring (bicyclic) bond motifs is 1. The third kappa shape index (κ3) is 2.70. The van der Waals surface area contributed by atoms with Gasteiger partial charge in [-0.25, -0.2) is 4.98 Å². The molecule has 0 aliphatic rings. The van der Waals surface area contributed by atoms with Crippen LogP contribution in [-0.4, -0.2) is 15.9 Å². The molecule has 2 aromatic heterocycles. The second kappa shape index (κ2) is 5.67. The van der Waals surface area contributed by atoms with Crippen LogP contribution in [0.1, 0.15) is 11.4 Å². The zero-order valence-corrected chi connectivity index (χ0v) is 12.9. The minimum Gasteiger partial charge on any atom is -0.385 e. The lowest BCUT2D eigenvalue weighted by atomic mass is 10.2. The van der Waals surface area contributed by atoms with Crippen LogP contribution < -0.4 is 5.32 Å². The minimum atomic E-state index is 0.865. The van der Waals surface area contributed by atoms with Crippen molar-refractivity contribution in [3.8, 4) is 0 Å². The highest BCUT2D eigenvalue weighted by atomic mass is 79.9. The summed E-state index contributed by atoms with van der Waals surface area (Å²) in [5, 5.41) is 3.44. The normalized spacial score (nSPS) is 10.9. The van der Waals surface area contributed by atoms with Crippen LogP contribution in [0.25, 0.3) is 5.52 Å². The highest BCUT2D eigenvalue weighted by Crippen LogP contribution is 2.19. The van der Waals surface area contributed by atoms with Gasteiger partial charge in [0.05, 0.1) is 5.52 Å². The second-order valence-corrected chi connectivity index (χ2v) is 5.57. The smallest absolute Gasteiger partial charge is 0.132 e. The van der Waals surface area contributed by atoms with E-state index in [2.05, 4.69) is 74.1 Å². The lowest BCUT2D eigenvalue weighted by Crippen LogP contribution is -2.07. The topological polar surface area (TPSA) is 29.3 Å². The number of rotatable bonds is 4. The quantitative estimate of drug-likeness (QED) is 0.782. The number of pyridine rings is 1. The summed E-state index contributed by atoms with van der Waals surface area (Å²) in [4.78, 5) is 4.58. The molecule has 0 aliphatic heterocycles. The van der Waals surface area contributed by atoms with E-state index >= 15 is 0 Å². The summed E-state index contributed by atoms with van der Waals surface area (Å²) in [5.41, 5.74) is 3.53. The van der Waals surface area contributed by atoms with E-state index in [1.165, 1.54) is 5.56 Å². The Kier molecular flexibility index (Phi) is 3.74. The number of imidazole rings is 1. The zero-order chi connectivity index (χ0) is 13.9. The number of aryl methyl sites for hydroxylation is 1. The fourth-order valence-electron chi connectivity index (χ4n) is 2.31. The van der Waals surface area contributed by atoms with Gasteiger partial charge in [-0.3, -0.25) is 0 Å². The average Bonchev–Trinajstić information content (AvgIpc) is 2.77. The Labute approximate surface area is 126 Å². The number of nitrogens with one attached hydrogen (secondary N) is 1. The molecule has 0 saturated carbocycles. The maximum atomic E-state index is 4.58. The van der Waals surface area contributed by atoms with Crippen molar-refractivity contribution >= 4 is 27.1 Å². The fourth-order valence-corrected chi connectivity index (χ4v) is 2.84. The predicted molar refractivity (Wildman–Crippen MR) is 86.3 cm³/mol. The first kappa shape index (κ1) is 13.2. The molecule has 0 radical (unpaired) electrons. The van der Waals surface area contributed by atoms with Crippen LogP contribution >= 0.6 is 15.9 Å². The molecule has 2 heterocycles. The third-order valence-corrected chi connectivity index (χ3v) is 3.86. The number of nitrogens with zero attached hydrogens (tertiary/aromatic N) is 2. The van der Waals surface area contributed by atoms with E-state index in [1.807, 2.05) is 12.1 Å². The van der Waals surface area contributed by atoms with Gasteiger partial charge >= 0.3 is 0 Å². The summed E-state index contributed by atoms with van der Waals surface area (Å²) in [6.45, 7) is 2.97. The Morgan fingerprint density at radius 2 is 2.10 bits per heavy atom. The van der Waals surface area contributed by atoms with Crippen LogP contribution in [0.15, 0.2) is 53.3 Å². The molecule has 102 valence electrons. The predicted octanol–water partition coefficient (Wildman–Crippen LogP) is 4.06. The Hall–Kier alpha value is -1.81. The lowest BCUT2D eigenvalue weighted by Gasteiger charge is -2.06. The molecule has 0 atom stereocenters. The molecule has 0 unspecified atom stereocenters. The van der Waals surface area contributed by atoms with Gasteiger partial charge in [0, 0.05) is 24.8 Å². The molecule has 3 nitrogen and oxygen atoms in total. The first-order valence-corrected chi connectivity index (χ1v) is 7.45. The van der Waals surface area contributed by atoms with Crippen molar-refractivity contribution in [2.75, 3.05) is 11.9 Å². The molecule has 0 aliphatic carbocycles. The van der Waals surface area contributed by atoms with Crippen LogP contribution in [0.5, 0.6) is 0 Å². The maximum absolute atomic E-state index is 4.58. The molecule has 4 heteroatoms. The lowest BCUT2D eigenvalue weighted by molar-refractivity contribution is 0.887. The number of benzene rings is 1. The largest absolute Gasteiger partial charge is 0.385 e. The van der Waals surface area contributed by atoms with Crippen LogP contribution in [0, 0.1) is 6.92 Å². The van der Waals surface area contributed by atoms with Crippen LogP contribution in [-0.2, 0) is 6.42 Å². The first-order valence-electron chi connectivity index (χ1n) is 6.66. The molecule has 1 N–H and O–H groups in total. The van der Waals surface area contributed by atoms with Gasteiger partial charge in [0.15, 0.2) is 0 Å². The number of aromatic nitrogens is 2. The van der Waals surface area contributed by atoms with Crippen molar-refractivity contribution < 1.29 is 0 Å². The number of halogens is 1. The van der Waals surface area contributed by atoms with Crippen LogP contribution in [0.3, 0.4) is 0 Å². The second-order valence-electron chi connectivity index (χ2n) is 4.82. The fraction of sp³-hybridized carbons (Fsp3) is 0.188. The standard InChI is InChI=1S/C16H16BrN3/c1-12-5-4-6-13(11-12)18-9-8-15-19-16(17)14-7-2-3-10-20(14)15/h2-7,10-11,18H,8-9H2,1H3. The Balaban J connectivity index is 1.71. The van der Waals surface area contributed by atoms with Gasteiger partial charge in [-0.2, -0.15) is 0 Å².